The zero-order valence-corrected chi connectivity index (χ0v) is 13.6. The van der Waals surface area contributed by atoms with E-state index in [0.29, 0.717) is 23.4 Å². The van der Waals surface area contributed by atoms with Crippen molar-refractivity contribution in [2.75, 3.05) is 11.8 Å². The van der Waals surface area contributed by atoms with E-state index in [-0.39, 0.29) is 4.21 Å². The summed E-state index contributed by atoms with van der Waals surface area (Å²) in [4.78, 5) is 0. The number of hydrogen-bond acceptors (Lipinski definition) is 6. The fourth-order valence-corrected chi connectivity index (χ4v) is 4.18. The molecule has 3 rings (SSSR count). The second-order valence-corrected chi connectivity index (χ2v) is 7.43. The van der Waals surface area contributed by atoms with Crippen LogP contribution < -0.4 is 9.46 Å². The molecule has 3 aromatic rings. The fourth-order valence-electron chi connectivity index (χ4n) is 2.13. The number of nitrogens with zero attached hydrogens (tertiary/aromatic N) is 1. The lowest BCUT2D eigenvalue weighted by Crippen LogP contribution is -2.12. The Kier molecular flexibility index (Phi) is 3.79. The van der Waals surface area contributed by atoms with Crippen LogP contribution in [-0.2, 0) is 16.4 Å². The van der Waals surface area contributed by atoms with E-state index in [9.17, 15) is 8.42 Å². The third kappa shape index (κ3) is 2.55. The minimum Gasteiger partial charge on any atom is -0.494 e. The molecule has 6 nitrogen and oxygen atoms in total. The fraction of sp³-hybridized carbons (Fsp3) is 0.214. The van der Waals surface area contributed by atoms with Crippen molar-refractivity contribution >= 4 is 38.0 Å². The quantitative estimate of drug-likeness (QED) is 0.772. The van der Waals surface area contributed by atoms with Gasteiger partial charge in [-0.25, -0.2) is 8.42 Å². The van der Waals surface area contributed by atoms with Gasteiger partial charge in [0.25, 0.3) is 10.0 Å². The van der Waals surface area contributed by atoms with E-state index in [1.807, 2.05) is 6.92 Å². The first-order valence-electron chi connectivity index (χ1n) is 6.57. The van der Waals surface area contributed by atoms with Crippen molar-refractivity contribution in [2.45, 2.75) is 17.6 Å². The third-order valence-electron chi connectivity index (χ3n) is 3.21. The molecule has 1 N–H and O–H groups in total. The molecule has 1 aromatic carbocycles. The van der Waals surface area contributed by atoms with Gasteiger partial charge in [0.15, 0.2) is 5.58 Å². The predicted molar refractivity (Wildman–Crippen MR) is 85.1 cm³/mol. The molecule has 0 aliphatic rings. The summed E-state index contributed by atoms with van der Waals surface area (Å²) in [5.41, 5.74) is 1.70. The number of rotatable bonds is 5. The number of nitrogens with one attached hydrogen (secondary N) is 1. The first-order chi connectivity index (χ1) is 10.5. The van der Waals surface area contributed by atoms with Crippen molar-refractivity contribution in [2.24, 2.45) is 0 Å². The van der Waals surface area contributed by atoms with Crippen LogP contribution in [0.3, 0.4) is 0 Å². The Bertz CT molecular complexity index is 898. The topological polar surface area (TPSA) is 81.4 Å². The summed E-state index contributed by atoms with van der Waals surface area (Å²) >= 11 is 1.15. The van der Waals surface area contributed by atoms with E-state index in [2.05, 4.69) is 9.88 Å². The Hall–Kier alpha value is -2.06. The number of aromatic nitrogens is 1. The molecule has 0 aliphatic carbocycles. The summed E-state index contributed by atoms with van der Waals surface area (Å²) in [5, 5.41) is 6.45. The molecule has 0 aliphatic heterocycles. The zero-order valence-electron chi connectivity index (χ0n) is 12.0. The van der Waals surface area contributed by atoms with Gasteiger partial charge in [0.1, 0.15) is 9.96 Å². The van der Waals surface area contributed by atoms with Crippen LogP contribution in [0.25, 0.3) is 11.0 Å². The van der Waals surface area contributed by atoms with E-state index in [0.717, 1.165) is 22.4 Å². The lowest BCUT2D eigenvalue weighted by atomic mass is 10.1. The van der Waals surface area contributed by atoms with Crippen LogP contribution in [0.1, 0.15) is 12.6 Å². The SMILES string of the molecule is CCc1noc2cc(OC)c(NS(=O)(=O)c3cccs3)cc12. The van der Waals surface area contributed by atoms with Crippen LogP contribution in [0.4, 0.5) is 5.69 Å². The highest BCUT2D eigenvalue weighted by Gasteiger charge is 2.19. The molecule has 0 atom stereocenters. The molecule has 2 aromatic heterocycles. The Labute approximate surface area is 131 Å². The first kappa shape index (κ1) is 14.9. The summed E-state index contributed by atoms with van der Waals surface area (Å²) in [7, 11) is -2.16. The van der Waals surface area contributed by atoms with Crippen molar-refractivity contribution < 1.29 is 17.7 Å². The summed E-state index contributed by atoms with van der Waals surface area (Å²) in [6, 6.07) is 6.56. The van der Waals surface area contributed by atoms with E-state index < -0.39 is 10.0 Å². The Balaban J connectivity index is 2.09. The number of sulfonamides is 1. The van der Waals surface area contributed by atoms with Gasteiger partial charge < -0.3 is 9.26 Å². The molecule has 22 heavy (non-hydrogen) atoms. The smallest absolute Gasteiger partial charge is 0.271 e. The second-order valence-electron chi connectivity index (χ2n) is 4.57. The number of anilines is 1. The van der Waals surface area contributed by atoms with Crippen LogP contribution in [-0.4, -0.2) is 20.7 Å². The number of ether oxygens (including phenoxy) is 1. The van der Waals surface area contributed by atoms with Gasteiger partial charge >= 0.3 is 0 Å². The van der Waals surface area contributed by atoms with Crippen LogP contribution in [0.5, 0.6) is 5.75 Å². The van der Waals surface area contributed by atoms with Crippen LogP contribution >= 0.6 is 11.3 Å². The first-order valence-corrected chi connectivity index (χ1v) is 8.94. The molecule has 0 bridgehead atoms. The summed E-state index contributed by atoms with van der Waals surface area (Å²) < 4.78 is 38.0. The minimum absolute atomic E-state index is 0.246. The van der Waals surface area contributed by atoms with E-state index >= 15 is 0 Å². The highest BCUT2D eigenvalue weighted by atomic mass is 32.2. The molecule has 0 amide bonds. The number of methoxy groups -OCH3 is 1. The van der Waals surface area contributed by atoms with Gasteiger partial charge in [-0.15, -0.1) is 11.3 Å². The normalized spacial score (nSPS) is 11.7. The van der Waals surface area contributed by atoms with Gasteiger partial charge in [-0.05, 0) is 23.9 Å². The van der Waals surface area contributed by atoms with Crippen molar-refractivity contribution in [3.05, 3.63) is 35.3 Å². The largest absolute Gasteiger partial charge is 0.494 e. The van der Waals surface area contributed by atoms with Gasteiger partial charge in [0.05, 0.1) is 18.5 Å². The van der Waals surface area contributed by atoms with Gasteiger partial charge in [0.2, 0.25) is 0 Å². The van der Waals surface area contributed by atoms with Gasteiger partial charge in [0, 0.05) is 11.5 Å². The Morgan fingerprint density at radius 1 is 1.41 bits per heavy atom. The van der Waals surface area contributed by atoms with Crippen molar-refractivity contribution in [3.8, 4) is 5.75 Å². The summed E-state index contributed by atoms with van der Waals surface area (Å²) in [6.45, 7) is 1.96. The number of benzene rings is 1. The molecular weight excluding hydrogens is 324 g/mol. The van der Waals surface area contributed by atoms with E-state index in [4.69, 9.17) is 9.26 Å². The lowest BCUT2D eigenvalue weighted by Gasteiger charge is -2.11. The predicted octanol–water partition coefficient (Wildman–Crippen LogP) is 3.26. The maximum atomic E-state index is 12.4. The average molecular weight is 338 g/mol. The standard InChI is InChI=1S/C14H14N2O4S2/c1-3-10-9-7-11(13(19-2)8-12(9)20-15-10)16-22(17,18)14-5-4-6-21-14/h4-8,16H,3H2,1-2H3. The number of aryl methyl sites for hydroxylation is 1. The molecule has 2 heterocycles. The number of hydrogen-bond donors (Lipinski definition) is 1. The van der Waals surface area contributed by atoms with Crippen molar-refractivity contribution in [1.29, 1.82) is 0 Å². The lowest BCUT2D eigenvalue weighted by molar-refractivity contribution is 0.413. The molecule has 0 fully saturated rings. The number of thiophene rings is 1. The minimum atomic E-state index is -3.64. The second kappa shape index (κ2) is 5.62. The van der Waals surface area contributed by atoms with Crippen molar-refractivity contribution in [3.63, 3.8) is 0 Å². The highest BCUT2D eigenvalue weighted by Crippen LogP contribution is 2.34. The molecule has 0 saturated carbocycles. The van der Waals surface area contributed by atoms with Crippen LogP contribution in [0.15, 0.2) is 38.4 Å². The van der Waals surface area contributed by atoms with Crippen LogP contribution in [0.2, 0.25) is 0 Å². The molecule has 0 unspecified atom stereocenters. The maximum Gasteiger partial charge on any atom is 0.271 e. The monoisotopic (exact) mass is 338 g/mol. The molecule has 0 radical (unpaired) electrons. The molecule has 0 saturated heterocycles. The maximum absolute atomic E-state index is 12.4. The molecule has 116 valence electrons. The van der Waals surface area contributed by atoms with E-state index in [1.165, 1.54) is 7.11 Å². The molecular formula is C14H14N2O4S2. The number of fused-ring (bicyclic) bond motifs is 1. The van der Waals surface area contributed by atoms with Crippen molar-refractivity contribution in [1.82, 2.24) is 5.16 Å². The highest BCUT2D eigenvalue weighted by molar-refractivity contribution is 7.94. The van der Waals surface area contributed by atoms with E-state index in [1.54, 1.807) is 29.6 Å². The van der Waals surface area contributed by atoms with Gasteiger partial charge in [-0.1, -0.05) is 18.1 Å². The van der Waals surface area contributed by atoms with Gasteiger partial charge in [-0.3, -0.25) is 4.72 Å². The van der Waals surface area contributed by atoms with Crippen LogP contribution in [0, 0.1) is 0 Å². The molecule has 8 heteroatoms. The Morgan fingerprint density at radius 3 is 2.86 bits per heavy atom. The molecule has 0 spiro atoms. The Morgan fingerprint density at radius 2 is 2.23 bits per heavy atom. The summed E-state index contributed by atoms with van der Waals surface area (Å²) in [5.74, 6) is 0.381. The average Bonchev–Trinajstić information content (AvgIpc) is 3.15. The van der Waals surface area contributed by atoms with Gasteiger partial charge in [-0.2, -0.15) is 0 Å². The summed E-state index contributed by atoms with van der Waals surface area (Å²) in [6.07, 6.45) is 0.691. The zero-order chi connectivity index (χ0) is 15.7. The third-order valence-corrected chi connectivity index (χ3v) is 5.97.